The van der Waals surface area contributed by atoms with Crippen LogP contribution in [0.1, 0.15) is 43.2 Å². The van der Waals surface area contributed by atoms with Crippen LogP contribution in [0, 0.1) is 0 Å². The first kappa shape index (κ1) is 12.3. The molecule has 102 valence electrons. The molecule has 1 atom stereocenters. The Morgan fingerprint density at radius 2 is 2.00 bits per heavy atom. The van der Waals surface area contributed by atoms with Crippen molar-refractivity contribution in [2.45, 2.75) is 37.6 Å². The second-order valence-corrected chi connectivity index (χ2v) is 5.24. The second kappa shape index (κ2) is 5.13. The third-order valence-electron chi connectivity index (χ3n) is 3.95. The van der Waals surface area contributed by atoms with Crippen molar-refractivity contribution in [3.8, 4) is 0 Å². The monoisotopic (exact) mass is 262 g/mol. The van der Waals surface area contributed by atoms with Crippen molar-refractivity contribution in [1.82, 2.24) is 20.4 Å². The van der Waals surface area contributed by atoms with Gasteiger partial charge in [-0.25, -0.2) is 0 Å². The highest BCUT2D eigenvalue weighted by atomic mass is 16.2. The standard InChI is InChI=1S/C13H18N4O2/c18-12-2-1-11(13(19)16-12)9-7-15-17(8-9)10-3-5-14-6-4-10/h7-8,10-11,14H,1-6H2,(H,16,18,19). The number of imide groups is 1. The van der Waals surface area contributed by atoms with Gasteiger partial charge in [-0.1, -0.05) is 0 Å². The van der Waals surface area contributed by atoms with Gasteiger partial charge in [-0.3, -0.25) is 19.6 Å². The van der Waals surface area contributed by atoms with Gasteiger partial charge in [0, 0.05) is 18.2 Å². The van der Waals surface area contributed by atoms with Gasteiger partial charge in [0.05, 0.1) is 18.2 Å². The Morgan fingerprint density at radius 3 is 2.74 bits per heavy atom. The molecule has 2 fully saturated rings. The Hall–Kier alpha value is -1.69. The number of carbonyl (C=O) groups excluding carboxylic acids is 2. The summed E-state index contributed by atoms with van der Waals surface area (Å²) in [5.41, 5.74) is 0.920. The van der Waals surface area contributed by atoms with Crippen molar-refractivity contribution < 1.29 is 9.59 Å². The van der Waals surface area contributed by atoms with Crippen molar-refractivity contribution in [3.05, 3.63) is 18.0 Å². The first-order valence-corrected chi connectivity index (χ1v) is 6.82. The van der Waals surface area contributed by atoms with Gasteiger partial charge in [0.2, 0.25) is 11.8 Å². The zero-order chi connectivity index (χ0) is 13.2. The van der Waals surface area contributed by atoms with Crippen LogP contribution in [0.25, 0.3) is 0 Å². The lowest BCUT2D eigenvalue weighted by atomic mass is 9.93. The van der Waals surface area contributed by atoms with E-state index in [1.807, 2.05) is 10.9 Å². The lowest BCUT2D eigenvalue weighted by Crippen LogP contribution is -2.39. The van der Waals surface area contributed by atoms with Gasteiger partial charge >= 0.3 is 0 Å². The molecule has 19 heavy (non-hydrogen) atoms. The Balaban J connectivity index is 1.73. The predicted molar refractivity (Wildman–Crippen MR) is 68.5 cm³/mol. The minimum Gasteiger partial charge on any atom is -0.317 e. The van der Waals surface area contributed by atoms with Crippen molar-refractivity contribution in [2.24, 2.45) is 0 Å². The van der Waals surface area contributed by atoms with Crippen LogP contribution in [0.2, 0.25) is 0 Å². The van der Waals surface area contributed by atoms with Gasteiger partial charge in [-0.05, 0) is 32.4 Å². The molecule has 1 aromatic heterocycles. The molecule has 2 aliphatic heterocycles. The first-order chi connectivity index (χ1) is 9.24. The molecule has 0 saturated carbocycles. The van der Waals surface area contributed by atoms with Gasteiger partial charge in [0.1, 0.15) is 0 Å². The van der Waals surface area contributed by atoms with E-state index in [-0.39, 0.29) is 17.7 Å². The summed E-state index contributed by atoms with van der Waals surface area (Å²) in [7, 11) is 0. The molecule has 6 heteroatoms. The maximum Gasteiger partial charge on any atom is 0.234 e. The fourth-order valence-corrected chi connectivity index (χ4v) is 2.82. The lowest BCUT2D eigenvalue weighted by molar-refractivity contribution is -0.134. The van der Waals surface area contributed by atoms with Gasteiger partial charge in [-0.15, -0.1) is 0 Å². The van der Waals surface area contributed by atoms with E-state index in [9.17, 15) is 9.59 Å². The van der Waals surface area contributed by atoms with Crippen molar-refractivity contribution >= 4 is 11.8 Å². The molecule has 0 bridgehead atoms. The minimum atomic E-state index is -0.229. The van der Waals surface area contributed by atoms with Crippen LogP contribution in [-0.2, 0) is 9.59 Å². The molecule has 2 aliphatic rings. The molecule has 3 heterocycles. The summed E-state index contributed by atoms with van der Waals surface area (Å²) in [5.74, 6) is -0.596. The summed E-state index contributed by atoms with van der Waals surface area (Å²) in [5, 5.41) is 10.1. The van der Waals surface area contributed by atoms with E-state index < -0.39 is 0 Å². The molecule has 6 nitrogen and oxygen atoms in total. The molecule has 3 rings (SSSR count). The quantitative estimate of drug-likeness (QED) is 0.753. The van der Waals surface area contributed by atoms with E-state index in [2.05, 4.69) is 15.7 Å². The third kappa shape index (κ3) is 2.53. The van der Waals surface area contributed by atoms with E-state index in [0.29, 0.717) is 18.9 Å². The second-order valence-electron chi connectivity index (χ2n) is 5.24. The SMILES string of the molecule is O=C1CCC(c2cnn(C3CCNCC3)c2)C(=O)N1. The highest BCUT2D eigenvalue weighted by Crippen LogP contribution is 2.26. The van der Waals surface area contributed by atoms with Crippen LogP contribution in [0.4, 0.5) is 0 Å². The van der Waals surface area contributed by atoms with Crippen LogP contribution >= 0.6 is 0 Å². The number of aromatic nitrogens is 2. The molecule has 1 aromatic rings. The molecule has 1 unspecified atom stereocenters. The molecular weight excluding hydrogens is 244 g/mol. The summed E-state index contributed by atoms with van der Waals surface area (Å²) >= 11 is 0. The van der Waals surface area contributed by atoms with E-state index in [1.165, 1.54) is 0 Å². The normalized spacial score (nSPS) is 25.4. The van der Waals surface area contributed by atoms with Gasteiger partial charge in [-0.2, -0.15) is 5.10 Å². The minimum absolute atomic E-state index is 0.174. The maximum absolute atomic E-state index is 11.8. The Kier molecular flexibility index (Phi) is 3.33. The topological polar surface area (TPSA) is 76.0 Å². The molecule has 0 aromatic carbocycles. The third-order valence-corrected chi connectivity index (χ3v) is 3.95. The number of piperidine rings is 2. The summed E-state index contributed by atoms with van der Waals surface area (Å²) in [6, 6.07) is 0.420. The summed E-state index contributed by atoms with van der Waals surface area (Å²) < 4.78 is 1.97. The fourth-order valence-electron chi connectivity index (χ4n) is 2.82. The van der Waals surface area contributed by atoms with E-state index in [4.69, 9.17) is 0 Å². The number of nitrogens with zero attached hydrogens (tertiary/aromatic N) is 2. The number of hydrogen-bond donors (Lipinski definition) is 2. The number of carbonyl (C=O) groups is 2. The molecular formula is C13H18N4O2. The predicted octanol–water partition coefficient (Wildman–Crippen LogP) is 0.328. The number of nitrogens with one attached hydrogen (secondary N) is 2. The van der Waals surface area contributed by atoms with E-state index >= 15 is 0 Å². The van der Waals surface area contributed by atoms with Crippen molar-refractivity contribution in [3.63, 3.8) is 0 Å². The Labute approximate surface area is 111 Å². The van der Waals surface area contributed by atoms with Crippen LogP contribution in [0.5, 0.6) is 0 Å². The van der Waals surface area contributed by atoms with Gasteiger partial charge < -0.3 is 5.32 Å². The highest BCUT2D eigenvalue weighted by Gasteiger charge is 2.29. The van der Waals surface area contributed by atoms with Crippen LogP contribution in [0.3, 0.4) is 0 Å². The Morgan fingerprint density at radius 1 is 1.21 bits per heavy atom. The average molecular weight is 262 g/mol. The lowest BCUT2D eigenvalue weighted by Gasteiger charge is -2.23. The molecule has 2 amide bonds. The number of hydrogen-bond acceptors (Lipinski definition) is 4. The zero-order valence-electron chi connectivity index (χ0n) is 10.8. The zero-order valence-corrected chi connectivity index (χ0v) is 10.8. The van der Waals surface area contributed by atoms with E-state index in [0.717, 1.165) is 31.5 Å². The Bertz CT molecular complexity index is 491. The van der Waals surface area contributed by atoms with Crippen molar-refractivity contribution in [2.75, 3.05) is 13.1 Å². The number of amides is 2. The molecule has 0 spiro atoms. The largest absolute Gasteiger partial charge is 0.317 e. The van der Waals surface area contributed by atoms with Crippen LogP contribution in [0.15, 0.2) is 12.4 Å². The fraction of sp³-hybridized carbons (Fsp3) is 0.615. The highest BCUT2D eigenvalue weighted by molar-refractivity contribution is 6.00. The average Bonchev–Trinajstić information content (AvgIpc) is 2.89. The molecule has 0 aliphatic carbocycles. The number of rotatable bonds is 2. The van der Waals surface area contributed by atoms with Crippen LogP contribution < -0.4 is 10.6 Å². The van der Waals surface area contributed by atoms with Crippen molar-refractivity contribution in [1.29, 1.82) is 0 Å². The summed E-state index contributed by atoms with van der Waals surface area (Å²) in [6.07, 6.45) is 6.86. The maximum atomic E-state index is 11.8. The smallest absolute Gasteiger partial charge is 0.234 e. The molecule has 0 radical (unpaired) electrons. The van der Waals surface area contributed by atoms with E-state index in [1.54, 1.807) is 6.20 Å². The summed E-state index contributed by atoms with van der Waals surface area (Å²) in [4.78, 5) is 23.0. The summed E-state index contributed by atoms with van der Waals surface area (Å²) in [6.45, 7) is 2.02. The first-order valence-electron chi connectivity index (χ1n) is 6.82. The molecule has 2 N–H and O–H groups in total. The van der Waals surface area contributed by atoms with Crippen LogP contribution in [-0.4, -0.2) is 34.7 Å². The molecule has 2 saturated heterocycles. The van der Waals surface area contributed by atoms with Gasteiger partial charge in [0.15, 0.2) is 0 Å². The van der Waals surface area contributed by atoms with Gasteiger partial charge in [0.25, 0.3) is 0 Å².